The summed E-state index contributed by atoms with van der Waals surface area (Å²) in [4.78, 5) is 38.3. The average molecular weight is 396 g/mol. The number of carbonyl (C=O) groups excluding carboxylic acids is 2. The molecule has 0 aromatic heterocycles. The molecule has 2 aromatic carbocycles. The number of likely N-dealkylation sites (tertiary alicyclic amines) is 1. The highest BCUT2D eigenvalue weighted by Crippen LogP contribution is 2.22. The second-order valence-electron chi connectivity index (χ2n) is 6.84. The third-order valence-electron chi connectivity index (χ3n) is 4.82. The van der Waals surface area contributed by atoms with Crippen molar-refractivity contribution in [2.45, 2.75) is 32.2 Å². The van der Waals surface area contributed by atoms with Crippen molar-refractivity contribution in [1.82, 2.24) is 4.90 Å². The van der Waals surface area contributed by atoms with Crippen LogP contribution < -0.4 is 10.1 Å². The van der Waals surface area contributed by atoms with E-state index in [0.717, 1.165) is 12.8 Å². The van der Waals surface area contributed by atoms with Crippen LogP contribution >= 0.6 is 0 Å². The van der Waals surface area contributed by atoms with E-state index in [-0.39, 0.29) is 11.8 Å². The fraction of sp³-hybridized carbons (Fsp3) is 0.318. The Morgan fingerprint density at radius 2 is 1.86 bits per heavy atom. The van der Waals surface area contributed by atoms with Gasteiger partial charge in [-0.3, -0.25) is 9.59 Å². The van der Waals surface area contributed by atoms with Crippen LogP contribution in [0.3, 0.4) is 0 Å². The minimum atomic E-state index is -0.989. The Morgan fingerprint density at radius 1 is 1.10 bits per heavy atom. The summed E-state index contributed by atoms with van der Waals surface area (Å²) in [6.45, 7) is 2.78. The molecule has 0 radical (unpaired) electrons. The Hall–Kier alpha value is -3.35. The van der Waals surface area contributed by atoms with Crippen LogP contribution in [0, 0.1) is 0 Å². The lowest BCUT2D eigenvalue weighted by Crippen LogP contribution is -2.48. The first-order valence-electron chi connectivity index (χ1n) is 9.67. The normalized spacial score (nSPS) is 16.2. The molecule has 7 nitrogen and oxygen atoms in total. The van der Waals surface area contributed by atoms with E-state index in [1.54, 1.807) is 48.5 Å². The van der Waals surface area contributed by atoms with Gasteiger partial charge in [-0.15, -0.1) is 0 Å². The Morgan fingerprint density at radius 3 is 2.62 bits per heavy atom. The number of hydrogen-bond acceptors (Lipinski definition) is 4. The molecule has 152 valence electrons. The number of anilines is 1. The van der Waals surface area contributed by atoms with Crippen molar-refractivity contribution >= 4 is 23.5 Å². The molecule has 1 atom stereocenters. The second kappa shape index (κ2) is 9.23. The van der Waals surface area contributed by atoms with E-state index in [0.29, 0.717) is 42.1 Å². The zero-order valence-corrected chi connectivity index (χ0v) is 16.3. The molecular formula is C22H24N2O5. The van der Waals surface area contributed by atoms with Crippen molar-refractivity contribution in [1.29, 1.82) is 0 Å². The van der Waals surface area contributed by atoms with Crippen molar-refractivity contribution in [3.8, 4) is 5.75 Å². The number of hydrogen-bond donors (Lipinski definition) is 2. The van der Waals surface area contributed by atoms with Crippen LogP contribution in [0.25, 0.3) is 0 Å². The number of aliphatic carboxylic acids is 1. The molecule has 7 heteroatoms. The first kappa shape index (κ1) is 20.4. The van der Waals surface area contributed by atoms with Crippen LogP contribution in [0.1, 0.15) is 46.9 Å². The van der Waals surface area contributed by atoms with E-state index in [4.69, 9.17) is 4.74 Å². The summed E-state index contributed by atoms with van der Waals surface area (Å²) in [6, 6.07) is 12.6. The summed E-state index contributed by atoms with van der Waals surface area (Å²) in [5.41, 5.74) is 1.25. The van der Waals surface area contributed by atoms with Gasteiger partial charge in [-0.2, -0.15) is 0 Å². The number of nitrogens with zero attached hydrogens (tertiary/aromatic N) is 1. The standard InChI is InChI=1S/C22H24N2O5/c1-2-29-18-10-6-7-15(14-18)20(25)23-17-9-5-8-16(13-17)21(26)24-12-4-3-11-19(24)22(27)28/h5-10,13-14,19H,2-4,11-12H2,1H3,(H,23,25)(H,27,28). The zero-order chi connectivity index (χ0) is 20.8. The van der Waals surface area contributed by atoms with E-state index in [9.17, 15) is 19.5 Å². The van der Waals surface area contributed by atoms with Crippen molar-refractivity contribution in [3.63, 3.8) is 0 Å². The molecule has 29 heavy (non-hydrogen) atoms. The molecule has 3 rings (SSSR count). The fourth-order valence-electron chi connectivity index (χ4n) is 3.42. The van der Waals surface area contributed by atoms with Crippen LogP contribution in [-0.4, -0.2) is 47.0 Å². The number of piperidine rings is 1. The summed E-state index contributed by atoms with van der Waals surface area (Å²) in [7, 11) is 0. The van der Waals surface area contributed by atoms with Gasteiger partial charge >= 0.3 is 5.97 Å². The van der Waals surface area contributed by atoms with E-state index in [2.05, 4.69) is 5.32 Å². The van der Waals surface area contributed by atoms with Crippen LogP contribution in [-0.2, 0) is 4.79 Å². The van der Waals surface area contributed by atoms with Gasteiger partial charge in [0.15, 0.2) is 0 Å². The van der Waals surface area contributed by atoms with Gasteiger partial charge in [-0.05, 0) is 62.6 Å². The molecule has 2 aromatic rings. The molecule has 1 saturated heterocycles. The van der Waals surface area contributed by atoms with Crippen LogP contribution in [0.4, 0.5) is 5.69 Å². The van der Waals surface area contributed by atoms with Crippen molar-refractivity contribution in [2.75, 3.05) is 18.5 Å². The number of ether oxygens (including phenoxy) is 1. The van der Waals surface area contributed by atoms with Gasteiger partial charge in [-0.1, -0.05) is 12.1 Å². The summed E-state index contributed by atoms with van der Waals surface area (Å²) < 4.78 is 5.42. The monoisotopic (exact) mass is 396 g/mol. The van der Waals surface area contributed by atoms with Gasteiger partial charge in [0.1, 0.15) is 11.8 Å². The molecule has 0 spiro atoms. The highest BCUT2D eigenvalue weighted by atomic mass is 16.5. The first-order chi connectivity index (χ1) is 14.0. The molecule has 0 aliphatic carbocycles. The lowest BCUT2D eigenvalue weighted by Gasteiger charge is -2.33. The Balaban J connectivity index is 1.75. The van der Waals surface area contributed by atoms with E-state index < -0.39 is 12.0 Å². The van der Waals surface area contributed by atoms with Crippen molar-refractivity contribution in [2.24, 2.45) is 0 Å². The van der Waals surface area contributed by atoms with Crippen LogP contribution in [0.15, 0.2) is 48.5 Å². The number of carbonyl (C=O) groups is 3. The van der Waals surface area contributed by atoms with E-state index in [1.807, 2.05) is 6.92 Å². The average Bonchev–Trinajstić information content (AvgIpc) is 2.74. The topological polar surface area (TPSA) is 95.9 Å². The van der Waals surface area contributed by atoms with Crippen LogP contribution in [0.2, 0.25) is 0 Å². The number of carboxylic acid groups (broad SMARTS) is 1. The molecule has 2 N–H and O–H groups in total. The zero-order valence-electron chi connectivity index (χ0n) is 16.3. The van der Waals surface area contributed by atoms with Gasteiger partial charge < -0.3 is 20.1 Å². The summed E-state index contributed by atoms with van der Waals surface area (Å²) >= 11 is 0. The van der Waals surface area contributed by atoms with Gasteiger partial charge in [-0.25, -0.2) is 4.79 Å². The third-order valence-corrected chi connectivity index (χ3v) is 4.82. The molecule has 1 unspecified atom stereocenters. The molecule has 0 bridgehead atoms. The van der Waals surface area contributed by atoms with E-state index >= 15 is 0 Å². The lowest BCUT2D eigenvalue weighted by atomic mass is 10.0. The summed E-state index contributed by atoms with van der Waals surface area (Å²) in [6.07, 6.45) is 2.02. The van der Waals surface area contributed by atoms with Crippen molar-refractivity contribution < 1.29 is 24.2 Å². The van der Waals surface area contributed by atoms with Gasteiger partial charge in [0, 0.05) is 23.4 Å². The maximum Gasteiger partial charge on any atom is 0.326 e. The minimum absolute atomic E-state index is 0.322. The number of carboxylic acids is 1. The van der Waals surface area contributed by atoms with Gasteiger partial charge in [0.2, 0.25) is 0 Å². The molecule has 2 amide bonds. The first-order valence-corrected chi connectivity index (χ1v) is 9.67. The number of nitrogens with one attached hydrogen (secondary N) is 1. The predicted molar refractivity (Wildman–Crippen MR) is 108 cm³/mol. The Labute approximate surface area is 169 Å². The third kappa shape index (κ3) is 4.93. The number of amides is 2. The second-order valence-corrected chi connectivity index (χ2v) is 6.84. The maximum absolute atomic E-state index is 12.9. The molecule has 1 heterocycles. The smallest absolute Gasteiger partial charge is 0.326 e. The van der Waals surface area contributed by atoms with Gasteiger partial charge in [0.05, 0.1) is 6.61 Å². The largest absolute Gasteiger partial charge is 0.494 e. The Kier molecular flexibility index (Phi) is 6.49. The molecule has 0 saturated carbocycles. The quantitative estimate of drug-likeness (QED) is 0.780. The summed E-state index contributed by atoms with van der Waals surface area (Å²) in [5.74, 6) is -1.05. The fourth-order valence-corrected chi connectivity index (χ4v) is 3.42. The SMILES string of the molecule is CCOc1cccc(C(=O)Nc2cccc(C(=O)N3CCCCC3C(=O)O)c2)c1. The molecule has 1 fully saturated rings. The lowest BCUT2D eigenvalue weighted by molar-refractivity contribution is -0.143. The highest BCUT2D eigenvalue weighted by Gasteiger charge is 2.32. The van der Waals surface area contributed by atoms with Crippen LogP contribution in [0.5, 0.6) is 5.75 Å². The molecule has 1 aliphatic heterocycles. The number of benzene rings is 2. The molecular weight excluding hydrogens is 372 g/mol. The Bertz CT molecular complexity index is 912. The minimum Gasteiger partial charge on any atom is -0.494 e. The molecule has 1 aliphatic rings. The predicted octanol–water partition coefficient (Wildman–Crippen LogP) is 3.42. The van der Waals surface area contributed by atoms with E-state index in [1.165, 1.54) is 4.90 Å². The highest BCUT2D eigenvalue weighted by molar-refractivity contribution is 6.05. The maximum atomic E-state index is 12.9. The van der Waals surface area contributed by atoms with Gasteiger partial charge in [0.25, 0.3) is 11.8 Å². The van der Waals surface area contributed by atoms with Crippen molar-refractivity contribution in [3.05, 3.63) is 59.7 Å². The summed E-state index contributed by atoms with van der Waals surface area (Å²) in [5, 5.41) is 12.2. The number of rotatable bonds is 6.